The number of hydrogen-bond donors (Lipinski definition) is 1. The van der Waals surface area contributed by atoms with Crippen molar-refractivity contribution in [2.24, 2.45) is 5.73 Å². The molecule has 80 valence electrons. The van der Waals surface area contributed by atoms with Crippen molar-refractivity contribution in [3.8, 4) is 5.75 Å². The number of hydrogen-bond acceptors (Lipinski definition) is 3. The zero-order valence-corrected chi connectivity index (χ0v) is 8.86. The Hall–Kier alpha value is -1.55. The number of carbonyl (C=O) groups is 1. The molecule has 0 aromatic heterocycles. The molecule has 1 amide bonds. The fourth-order valence-electron chi connectivity index (χ4n) is 1.68. The van der Waals surface area contributed by atoms with Gasteiger partial charge in [-0.05, 0) is 24.6 Å². The van der Waals surface area contributed by atoms with Gasteiger partial charge in [-0.25, -0.2) is 0 Å². The highest BCUT2D eigenvalue weighted by atomic mass is 16.5. The number of methoxy groups -OCH3 is 1. The van der Waals surface area contributed by atoms with Gasteiger partial charge >= 0.3 is 0 Å². The lowest BCUT2D eigenvalue weighted by atomic mass is 10.1. The number of benzene rings is 1. The minimum Gasteiger partial charge on any atom is -0.495 e. The molecule has 15 heavy (non-hydrogen) atoms. The van der Waals surface area contributed by atoms with Gasteiger partial charge in [0.1, 0.15) is 11.8 Å². The molecular weight excluding hydrogens is 192 g/mol. The summed E-state index contributed by atoms with van der Waals surface area (Å²) in [7, 11) is 1.60. The normalized spacial score (nSPS) is 20.1. The molecular formula is C11H14N2O2. The quantitative estimate of drug-likeness (QED) is 0.724. The van der Waals surface area contributed by atoms with Crippen molar-refractivity contribution < 1.29 is 9.53 Å². The molecule has 1 heterocycles. The van der Waals surface area contributed by atoms with Gasteiger partial charge in [-0.1, -0.05) is 6.07 Å². The number of amides is 1. The van der Waals surface area contributed by atoms with Crippen LogP contribution in [0, 0.1) is 6.92 Å². The summed E-state index contributed by atoms with van der Waals surface area (Å²) in [6, 6.07) is 5.40. The summed E-state index contributed by atoms with van der Waals surface area (Å²) in [4.78, 5) is 13.1. The first-order valence-corrected chi connectivity index (χ1v) is 4.85. The molecule has 1 unspecified atom stereocenters. The van der Waals surface area contributed by atoms with Crippen LogP contribution < -0.4 is 15.4 Å². The van der Waals surface area contributed by atoms with Gasteiger partial charge in [0, 0.05) is 0 Å². The van der Waals surface area contributed by atoms with Crippen LogP contribution in [0.2, 0.25) is 0 Å². The Morgan fingerprint density at radius 2 is 2.27 bits per heavy atom. The van der Waals surface area contributed by atoms with E-state index in [1.165, 1.54) is 0 Å². The van der Waals surface area contributed by atoms with E-state index in [-0.39, 0.29) is 11.9 Å². The third-order valence-corrected chi connectivity index (χ3v) is 2.59. The van der Waals surface area contributed by atoms with Crippen molar-refractivity contribution in [2.75, 3.05) is 18.6 Å². The molecule has 1 aromatic carbocycles. The second-order valence-corrected chi connectivity index (χ2v) is 3.73. The van der Waals surface area contributed by atoms with E-state index < -0.39 is 0 Å². The molecule has 1 aliphatic rings. The summed E-state index contributed by atoms with van der Waals surface area (Å²) in [5, 5.41) is 0. The van der Waals surface area contributed by atoms with E-state index in [1.807, 2.05) is 25.1 Å². The lowest BCUT2D eigenvalue weighted by Gasteiger charge is -2.36. The fourth-order valence-corrected chi connectivity index (χ4v) is 1.68. The number of ether oxygens (including phenoxy) is 1. The SMILES string of the molecule is COc1ccc(C)cc1N1CC(N)C1=O. The van der Waals surface area contributed by atoms with E-state index in [1.54, 1.807) is 12.0 Å². The summed E-state index contributed by atoms with van der Waals surface area (Å²) >= 11 is 0. The van der Waals surface area contributed by atoms with Gasteiger partial charge in [-0.2, -0.15) is 0 Å². The summed E-state index contributed by atoms with van der Waals surface area (Å²) in [6.45, 7) is 2.55. The van der Waals surface area contributed by atoms with Gasteiger partial charge < -0.3 is 15.4 Å². The molecule has 1 atom stereocenters. The smallest absolute Gasteiger partial charge is 0.245 e. The van der Waals surface area contributed by atoms with Crippen LogP contribution in [-0.4, -0.2) is 25.6 Å². The number of aryl methyl sites for hydroxylation is 1. The average Bonchev–Trinajstić information content (AvgIpc) is 2.25. The number of rotatable bonds is 2. The minimum atomic E-state index is -0.352. The van der Waals surface area contributed by atoms with E-state index in [4.69, 9.17) is 10.5 Å². The zero-order chi connectivity index (χ0) is 11.0. The minimum absolute atomic E-state index is 0.0427. The van der Waals surface area contributed by atoms with Crippen LogP contribution in [0.1, 0.15) is 5.56 Å². The summed E-state index contributed by atoms with van der Waals surface area (Å²) in [5.74, 6) is 0.666. The highest BCUT2D eigenvalue weighted by Crippen LogP contribution is 2.32. The molecule has 0 saturated carbocycles. The maximum atomic E-state index is 11.5. The molecule has 1 aliphatic heterocycles. The van der Waals surface area contributed by atoms with E-state index in [9.17, 15) is 4.79 Å². The first-order valence-electron chi connectivity index (χ1n) is 4.85. The first-order chi connectivity index (χ1) is 7.13. The van der Waals surface area contributed by atoms with Crippen LogP contribution in [0.5, 0.6) is 5.75 Å². The zero-order valence-electron chi connectivity index (χ0n) is 8.86. The van der Waals surface area contributed by atoms with Crippen molar-refractivity contribution in [2.45, 2.75) is 13.0 Å². The monoisotopic (exact) mass is 206 g/mol. The fraction of sp³-hybridized carbons (Fsp3) is 0.364. The maximum absolute atomic E-state index is 11.5. The number of nitrogens with zero attached hydrogens (tertiary/aromatic N) is 1. The third kappa shape index (κ3) is 1.57. The Kier molecular flexibility index (Phi) is 2.36. The van der Waals surface area contributed by atoms with E-state index >= 15 is 0 Å². The Balaban J connectivity index is 2.35. The lowest BCUT2D eigenvalue weighted by Crippen LogP contribution is -2.61. The molecule has 2 rings (SSSR count). The van der Waals surface area contributed by atoms with Gasteiger partial charge in [0.2, 0.25) is 5.91 Å². The van der Waals surface area contributed by atoms with Crippen molar-refractivity contribution in [3.05, 3.63) is 23.8 Å². The number of carbonyl (C=O) groups excluding carboxylic acids is 1. The molecule has 0 bridgehead atoms. The molecule has 1 saturated heterocycles. The summed E-state index contributed by atoms with van der Waals surface area (Å²) < 4.78 is 5.21. The molecule has 4 heteroatoms. The van der Waals surface area contributed by atoms with Gasteiger partial charge in [0.15, 0.2) is 0 Å². The second kappa shape index (κ2) is 3.55. The van der Waals surface area contributed by atoms with Crippen LogP contribution >= 0.6 is 0 Å². The topological polar surface area (TPSA) is 55.6 Å². The van der Waals surface area contributed by atoms with Crippen LogP contribution in [0.15, 0.2) is 18.2 Å². The molecule has 0 aliphatic carbocycles. The molecule has 1 aromatic rings. The molecule has 0 radical (unpaired) electrons. The highest BCUT2D eigenvalue weighted by molar-refractivity contribution is 6.04. The number of nitrogens with two attached hydrogens (primary N) is 1. The van der Waals surface area contributed by atoms with Gasteiger partial charge in [-0.15, -0.1) is 0 Å². The van der Waals surface area contributed by atoms with Gasteiger partial charge in [0.25, 0.3) is 0 Å². The van der Waals surface area contributed by atoms with Crippen LogP contribution in [-0.2, 0) is 4.79 Å². The van der Waals surface area contributed by atoms with Crippen molar-refractivity contribution in [1.82, 2.24) is 0 Å². The van der Waals surface area contributed by atoms with Gasteiger partial charge in [0.05, 0.1) is 19.3 Å². The average molecular weight is 206 g/mol. The van der Waals surface area contributed by atoms with Crippen molar-refractivity contribution >= 4 is 11.6 Å². The highest BCUT2D eigenvalue weighted by Gasteiger charge is 2.35. The Morgan fingerprint density at radius 1 is 1.53 bits per heavy atom. The Labute approximate surface area is 88.6 Å². The molecule has 2 N–H and O–H groups in total. The van der Waals surface area contributed by atoms with Crippen LogP contribution in [0.4, 0.5) is 5.69 Å². The lowest BCUT2D eigenvalue weighted by molar-refractivity contribution is -0.123. The number of β-lactam (4-membered cyclic amide) rings is 1. The largest absolute Gasteiger partial charge is 0.495 e. The molecule has 0 spiro atoms. The van der Waals surface area contributed by atoms with Gasteiger partial charge in [-0.3, -0.25) is 4.79 Å². The maximum Gasteiger partial charge on any atom is 0.245 e. The number of anilines is 1. The molecule has 1 fully saturated rings. The molecule has 4 nitrogen and oxygen atoms in total. The Bertz CT molecular complexity index is 404. The van der Waals surface area contributed by atoms with Crippen LogP contribution in [0.25, 0.3) is 0 Å². The Morgan fingerprint density at radius 3 is 2.80 bits per heavy atom. The van der Waals surface area contributed by atoms with E-state index in [0.29, 0.717) is 12.3 Å². The predicted octanol–water partition coefficient (Wildman–Crippen LogP) is 0.678. The van der Waals surface area contributed by atoms with E-state index in [0.717, 1.165) is 11.3 Å². The van der Waals surface area contributed by atoms with Crippen LogP contribution in [0.3, 0.4) is 0 Å². The summed E-state index contributed by atoms with van der Waals surface area (Å²) in [6.07, 6.45) is 0. The standard InChI is InChI=1S/C11H14N2O2/c1-7-3-4-10(15-2)9(5-7)13-6-8(12)11(13)14/h3-5,8H,6,12H2,1-2H3. The van der Waals surface area contributed by atoms with Crippen molar-refractivity contribution in [1.29, 1.82) is 0 Å². The first kappa shape index (κ1) is 9.98. The predicted molar refractivity (Wildman–Crippen MR) is 58.1 cm³/mol. The van der Waals surface area contributed by atoms with E-state index in [2.05, 4.69) is 0 Å². The summed E-state index contributed by atoms with van der Waals surface area (Å²) in [5.41, 5.74) is 7.45. The third-order valence-electron chi connectivity index (χ3n) is 2.59. The van der Waals surface area contributed by atoms with Crippen molar-refractivity contribution in [3.63, 3.8) is 0 Å². The second-order valence-electron chi connectivity index (χ2n) is 3.73.